The van der Waals surface area contributed by atoms with E-state index in [1.165, 1.54) is 25.0 Å². The largest absolute Gasteiger partial charge is 0.315 e. The maximum atomic E-state index is 3.62. The van der Waals surface area contributed by atoms with Gasteiger partial charge >= 0.3 is 0 Å². The van der Waals surface area contributed by atoms with Crippen molar-refractivity contribution in [2.75, 3.05) is 32.1 Å². The first-order valence-corrected chi connectivity index (χ1v) is 8.87. The van der Waals surface area contributed by atoms with E-state index in [0.717, 1.165) is 25.0 Å². The molecule has 0 radical (unpaired) electrons. The molecule has 0 rings (SSSR count). The summed E-state index contributed by atoms with van der Waals surface area (Å²) < 4.78 is 0. The predicted molar refractivity (Wildman–Crippen MR) is 86.6 cm³/mol. The van der Waals surface area contributed by atoms with Crippen LogP contribution in [-0.2, 0) is 0 Å². The number of thioether (sulfide) groups is 1. The normalized spacial score (nSPS) is 15.3. The zero-order chi connectivity index (χ0) is 14.0. The molecule has 18 heavy (non-hydrogen) atoms. The quantitative estimate of drug-likeness (QED) is 0.621. The lowest BCUT2D eigenvalue weighted by atomic mass is 10.1. The third-order valence-corrected chi connectivity index (χ3v) is 4.25. The van der Waals surface area contributed by atoms with E-state index < -0.39 is 0 Å². The van der Waals surface area contributed by atoms with Crippen LogP contribution in [0.4, 0.5) is 0 Å². The molecule has 2 nitrogen and oxygen atoms in total. The first kappa shape index (κ1) is 18.3. The molecular weight excluding hydrogens is 240 g/mol. The Balaban J connectivity index is 4.26. The Bertz CT molecular complexity index is 185. The summed E-state index contributed by atoms with van der Waals surface area (Å²) >= 11 is 1.96. The lowest BCUT2D eigenvalue weighted by Gasteiger charge is -2.35. The van der Waals surface area contributed by atoms with E-state index in [1.807, 2.05) is 11.8 Å². The second kappa shape index (κ2) is 11.1. The molecule has 0 saturated carbocycles. The zero-order valence-electron chi connectivity index (χ0n) is 13.3. The number of hydrogen-bond donors (Lipinski definition) is 1. The molecular formula is C15H34N2S. The van der Waals surface area contributed by atoms with Crippen LogP contribution < -0.4 is 5.32 Å². The predicted octanol–water partition coefficient (Wildman–Crippen LogP) is 3.47. The molecule has 0 saturated heterocycles. The molecule has 0 aliphatic rings. The molecule has 3 heteroatoms. The fourth-order valence-corrected chi connectivity index (χ4v) is 3.19. The topological polar surface area (TPSA) is 15.3 Å². The van der Waals surface area contributed by atoms with E-state index in [1.54, 1.807) is 0 Å². The van der Waals surface area contributed by atoms with Gasteiger partial charge in [-0.05, 0) is 38.6 Å². The summed E-state index contributed by atoms with van der Waals surface area (Å²) in [5.41, 5.74) is 0. The van der Waals surface area contributed by atoms with Crippen LogP contribution in [0.15, 0.2) is 0 Å². The standard InChI is InChI=1S/C15H34N2S/c1-7-9-15(11-16-10-13(3)4)17(5)14(8-2)12-18-6/h13-16H,7-12H2,1-6H3. The van der Waals surface area contributed by atoms with E-state index >= 15 is 0 Å². The molecule has 0 heterocycles. The van der Waals surface area contributed by atoms with Crippen LogP contribution in [0.1, 0.15) is 47.0 Å². The Labute approximate surface area is 119 Å². The summed E-state index contributed by atoms with van der Waals surface area (Å²) in [5.74, 6) is 1.99. The van der Waals surface area contributed by atoms with Crippen molar-refractivity contribution in [3.8, 4) is 0 Å². The summed E-state index contributed by atoms with van der Waals surface area (Å²) in [5, 5.41) is 3.62. The van der Waals surface area contributed by atoms with Crippen LogP contribution >= 0.6 is 11.8 Å². The molecule has 2 unspecified atom stereocenters. The summed E-state index contributed by atoms with van der Waals surface area (Å²) in [6.07, 6.45) is 6.03. The molecule has 0 aromatic carbocycles. The van der Waals surface area contributed by atoms with Gasteiger partial charge in [0.25, 0.3) is 0 Å². The van der Waals surface area contributed by atoms with Crippen molar-refractivity contribution in [3.63, 3.8) is 0 Å². The fourth-order valence-electron chi connectivity index (χ4n) is 2.34. The molecule has 0 fully saturated rings. The molecule has 110 valence electrons. The third-order valence-electron chi connectivity index (χ3n) is 3.54. The molecule has 0 amide bonds. The van der Waals surface area contributed by atoms with Gasteiger partial charge in [-0.3, -0.25) is 4.90 Å². The summed E-state index contributed by atoms with van der Waals surface area (Å²) in [7, 11) is 2.31. The average Bonchev–Trinajstić information content (AvgIpc) is 2.33. The molecule has 0 bridgehead atoms. The minimum atomic E-state index is 0.686. The van der Waals surface area contributed by atoms with E-state index in [0.29, 0.717) is 6.04 Å². The smallest absolute Gasteiger partial charge is 0.0220 e. The molecule has 1 N–H and O–H groups in total. The van der Waals surface area contributed by atoms with Gasteiger partial charge in [0.1, 0.15) is 0 Å². The maximum absolute atomic E-state index is 3.62. The summed E-state index contributed by atoms with van der Waals surface area (Å²) in [6.45, 7) is 11.4. The SMILES string of the molecule is CCCC(CNCC(C)C)N(C)C(CC)CSC. The van der Waals surface area contributed by atoms with Crippen molar-refractivity contribution in [1.29, 1.82) is 0 Å². The van der Waals surface area contributed by atoms with Gasteiger partial charge in [-0.2, -0.15) is 11.8 Å². The third kappa shape index (κ3) is 7.65. The molecule has 0 aromatic rings. The van der Waals surface area contributed by atoms with Gasteiger partial charge < -0.3 is 5.32 Å². The number of nitrogens with zero attached hydrogens (tertiary/aromatic N) is 1. The van der Waals surface area contributed by atoms with Gasteiger partial charge in [0, 0.05) is 24.4 Å². The fraction of sp³-hybridized carbons (Fsp3) is 1.00. The molecule has 0 spiro atoms. The second-order valence-corrected chi connectivity index (χ2v) is 6.59. The summed E-state index contributed by atoms with van der Waals surface area (Å²) in [4.78, 5) is 2.60. The monoisotopic (exact) mass is 274 g/mol. The number of hydrogen-bond acceptors (Lipinski definition) is 3. The Morgan fingerprint density at radius 3 is 2.22 bits per heavy atom. The number of nitrogens with one attached hydrogen (secondary N) is 1. The van der Waals surface area contributed by atoms with Crippen LogP contribution in [0.2, 0.25) is 0 Å². The Morgan fingerprint density at radius 2 is 1.78 bits per heavy atom. The van der Waals surface area contributed by atoms with Crippen LogP contribution in [0.5, 0.6) is 0 Å². The van der Waals surface area contributed by atoms with E-state index in [-0.39, 0.29) is 0 Å². The van der Waals surface area contributed by atoms with Gasteiger partial charge in [-0.15, -0.1) is 0 Å². The van der Waals surface area contributed by atoms with E-state index in [4.69, 9.17) is 0 Å². The van der Waals surface area contributed by atoms with Crippen LogP contribution in [0.25, 0.3) is 0 Å². The maximum Gasteiger partial charge on any atom is 0.0220 e. The van der Waals surface area contributed by atoms with Gasteiger partial charge in [0.15, 0.2) is 0 Å². The highest BCUT2D eigenvalue weighted by atomic mass is 32.2. The van der Waals surface area contributed by atoms with Gasteiger partial charge in [-0.1, -0.05) is 34.1 Å². The van der Waals surface area contributed by atoms with Gasteiger partial charge in [0.05, 0.1) is 0 Å². The Kier molecular flexibility index (Phi) is 11.3. The van der Waals surface area contributed by atoms with Crippen molar-refractivity contribution in [3.05, 3.63) is 0 Å². The van der Waals surface area contributed by atoms with Crippen molar-refractivity contribution < 1.29 is 0 Å². The molecule has 0 aliphatic carbocycles. The van der Waals surface area contributed by atoms with Crippen LogP contribution in [0, 0.1) is 5.92 Å². The second-order valence-electron chi connectivity index (χ2n) is 5.68. The first-order chi connectivity index (χ1) is 8.56. The molecule has 2 atom stereocenters. The minimum Gasteiger partial charge on any atom is -0.315 e. The number of rotatable bonds is 11. The van der Waals surface area contributed by atoms with Gasteiger partial charge in [0.2, 0.25) is 0 Å². The van der Waals surface area contributed by atoms with Crippen molar-refractivity contribution in [2.24, 2.45) is 5.92 Å². The highest BCUT2D eigenvalue weighted by molar-refractivity contribution is 7.98. The first-order valence-electron chi connectivity index (χ1n) is 7.48. The van der Waals surface area contributed by atoms with E-state index in [2.05, 4.69) is 51.2 Å². The Hall–Kier alpha value is 0.270. The van der Waals surface area contributed by atoms with Crippen LogP contribution in [-0.4, -0.2) is 49.1 Å². The highest BCUT2D eigenvalue weighted by Gasteiger charge is 2.20. The zero-order valence-corrected chi connectivity index (χ0v) is 14.1. The van der Waals surface area contributed by atoms with Crippen molar-refractivity contribution in [1.82, 2.24) is 10.2 Å². The van der Waals surface area contributed by atoms with Crippen molar-refractivity contribution >= 4 is 11.8 Å². The number of likely N-dealkylation sites (N-methyl/N-ethyl adjacent to an activating group) is 1. The highest BCUT2D eigenvalue weighted by Crippen LogP contribution is 2.14. The minimum absolute atomic E-state index is 0.686. The summed E-state index contributed by atoms with van der Waals surface area (Å²) in [6, 6.07) is 1.41. The average molecular weight is 275 g/mol. The lowest BCUT2D eigenvalue weighted by molar-refractivity contribution is 0.168. The molecule has 0 aromatic heterocycles. The Morgan fingerprint density at radius 1 is 1.11 bits per heavy atom. The van der Waals surface area contributed by atoms with E-state index in [9.17, 15) is 0 Å². The van der Waals surface area contributed by atoms with Crippen molar-refractivity contribution in [2.45, 2.75) is 59.0 Å². The lowest BCUT2D eigenvalue weighted by Crippen LogP contribution is -2.46. The molecule has 0 aliphatic heterocycles. The van der Waals surface area contributed by atoms with Crippen LogP contribution in [0.3, 0.4) is 0 Å². The van der Waals surface area contributed by atoms with Gasteiger partial charge in [-0.25, -0.2) is 0 Å².